The number of carbonyl (C=O) groups is 2. The molecular formula is C17H25ClN2O2. The maximum atomic E-state index is 11.8. The van der Waals surface area contributed by atoms with Gasteiger partial charge >= 0.3 is 0 Å². The Labute approximate surface area is 137 Å². The third-order valence-corrected chi connectivity index (χ3v) is 3.36. The molecule has 0 unspecified atom stereocenters. The van der Waals surface area contributed by atoms with Crippen LogP contribution in [0, 0.1) is 0 Å². The van der Waals surface area contributed by atoms with Crippen molar-refractivity contribution in [3.05, 3.63) is 34.9 Å². The lowest BCUT2D eigenvalue weighted by molar-refractivity contribution is -0.129. The summed E-state index contributed by atoms with van der Waals surface area (Å²) in [6.45, 7) is 8.35. The Hall–Kier alpha value is -1.55. The van der Waals surface area contributed by atoms with Gasteiger partial charge in [0.1, 0.15) is 0 Å². The zero-order chi connectivity index (χ0) is 16.8. The Morgan fingerprint density at radius 2 is 1.91 bits per heavy atom. The highest BCUT2D eigenvalue weighted by Crippen LogP contribution is 2.11. The van der Waals surface area contributed by atoms with Crippen LogP contribution in [-0.4, -0.2) is 35.3 Å². The van der Waals surface area contributed by atoms with Gasteiger partial charge in [-0.15, -0.1) is 0 Å². The van der Waals surface area contributed by atoms with Gasteiger partial charge in [0, 0.05) is 37.0 Å². The number of halogens is 1. The van der Waals surface area contributed by atoms with Crippen LogP contribution < -0.4 is 5.32 Å². The molecule has 0 aliphatic heterocycles. The Morgan fingerprint density at radius 1 is 1.23 bits per heavy atom. The third kappa shape index (κ3) is 7.46. The highest BCUT2D eigenvalue weighted by molar-refractivity contribution is 6.30. The van der Waals surface area contributed by atoms with Crippen molar-refractivity contribution < 1.29 is 9.59 Å². The first-order valence-electron chi connectivity index (χ1n) is 7.48. The van der Waals surface area contributed by atoms with Gasteiger partial charge in [-0.05, 0) is 44.9 Å². The van der Waals surface area contributed by atoms with Gasteiger partial charge in [-0.2, -0.15) is 0 Å². The zero-order valence-corrected chi connectivity index (χ0v) is 14.5. The summed E-state index contributed by atoms with van der Waals surface area (Å²) in [5.74, 6) is -0.0629. The van der Waals surface area contributed by atoms with E-state index in [-0.39, 0.29) is 17.4 Å². The van der Waals surface area contributed by atoms with Crippen LogP contribution in [0.15, 0.2) is 24.3 Å². The summed E-state index contributed by atoms with van der Waals surface area (Å²) in [5, 5.41) is 3.59. The predicted octanol–water partition coefficient (Wildman–Crippen LogP) is 3.04. The van der Waals surface area contributed by atoms with Crippen molar-refractivity contribution >= 4 is 23.4 Å². The molecule has 0 bridgehead atoms. The standard InChI is InChI=1S/C17H25ClN2O2/c1-13(21)20(11-9-16(22)19-17(2,3)4)10-8-14-6-5-7-15(18)12-14/h5-7,12H,8-11H2,1-4H3,(H,19,22). The molecule has 2 amide bonds. The molecular weight excluding hydrogens is 300 g/mol. The summed E-state index contributed by atoms with van der Waals surface area (Å²) < 4.78 is 0. The molecule has 0 atom stereocenters. The lowest BCUT2D eigenvalue weighted by Gasteiger charge is -2.24. The number of hydrogen-bond acceptors (Lipinski definition) is 2. The molecule has 0 heterocycles. The number of carbonyl (C=O) groups excluding carboxylic acids is 2. The number of benzene rings is 1. The summed E-state index contributed by atoms with van der Waals surface area (Å²) in [7, 11) is 0. The molecule has 4 nitrogen and oxygen atoms in total. The minimum Gasteiger partial charge on any atom is -0.351 e. The Bertz CT molecular complexity index is 524. The lowest BCUT2D eigenvalue weighted by atomic mass is 10.1. The molecule has 1 aromatic rings. The van der Waals surface area contributed by atoms with E-state index in [1.54, 1.807) is 4.90 Å². The van der Waals surface area contributed by atoms with Crippen molar-refractivity contribution in [2.45, 2.75) is 46.1 Å². The molecule has 122 valence electrons. The fourth-order valence-corrected chi connectivity index (χ4v) is 2.31. The first-order chi connectivity index (χ1) is 10.2. The highest BCUT2D eigenvalue weighted by Gasteiger charge is 2.16. The molecule has 22 heavy (non-hydrogen) atoms. The topological polar surface area (TPSA) is 49.4 Å². The number of nitrogens with one attached hydrogen (secondary N) is 1. The van der Waals surface area contributed by atoms with Gasteiger partial charge in [0.15, 0.2) is 0 Å². The van der Waals surface area contributed by atoms with Crippen molar-refractivity contribution in [1.29, 1.82) is 0 Å². The molecule has 0 aliphatic carbocycles. The smallest absolute Gasteiger partial charge is 0.222 e. The minimum absolute atomic E-state index is 0.0226. The average Bonchev–Trinajstić information content (AvgIpc) is 2.36. The fraction of sp³-hybridized carbons (Fsp3) is 0.529. The van der Waals surface area contributed by atoms with Crippen molar-refractivity contribution in [2.75, 3.05) is 13.1 Å². The van der Waals surface area contributed by atoms with Gasteiger partial charge in [0.25, 0.3) is 0 Å². The van der Waals surface area contributed by atoms with E-state index in [9.17, 15) is 9.59 Å². The summed E-state index contributed by atoms with van der Waals surface area (Å²) in [6, 6.07) is 7.60. The second kappa shape index (κ2) is 8.18. The van der Waals surface area contributed by atoms with Crippen LogP contribution in [0.4, 0.5) is 0 Å². The molecule has 0 radical (unpaired) electrons. The summed E-state index contributed by atoms with van der Waals surface area (Å²) in [6.07, 6.45) is 1.04. The summed E-state index contributed by atoms with van der Waals surface area (Å²) in [5.41, 5.74) is 0.830. The maximum Gasteiger partial charge on any atom is 0.222 e. The average molecular weight is 325 g/mol. The van der Waals surface area contributed by atoms with Crippen LogP contribution in [0.3, 0.4) is 0 Å². The molecule has 0 fully saturated rings. The van der Waals surface area contributed by atoms with Crippen molar-refractivity contribution in [2.24, 2.45) is 0 Å². The Kier molecular flexibility index (Phi) is 6.88. The van der Waals surface area contributed by atoms with E-state index in [0.29, 0.717) is 24.5 Å². The van der Waals surface area contributed by atoms with Gasteiger partial charge in [-0.3, -0.25) is 9.59 Å². The SMILES string of the molecule is CC(=O)N(CCC(=O)NC(C)(C)C)CCc1cccc(Cl)c1. The van der Waals surface area contributed by atoms with E-state index in [0.717, 1.165) is 12.0 Å². The van der Waals surface area contributed by atoms with Gasteiger partial charge in [0.05, 0.1) is 0 Å². The second-order valence-corrected chi connectivity index (χ2v) is 6.87. The van der Waals surface area contributed by atoms with E-state index in [1.807, 2.05) is 45.0 Å². The van der Waals surface area contributed by atoms with E-state index >= 15 is 0 Å². The maximum absolute atomic E-state index is 11.8. The largest absolute Gasteiger partial charge is 0.351 e. The quantitative estimate of drug-likeness (QED) is 0.874. The predicted molar refractivity (Wildman–Crippen MR) is 89.9 cm³/mol. The van der Waals surface area contributed by atoms with Crippen LogP contribution in [-0.2, 0) is 16.0 Å². The van der Waals surface area contributed by atoms with Gasteiger partial charge in [0.2, 0.25) is 11.8 Å². The first-order valence-corrected chi connectivity index (χ1v) is 7.86. The molecule has 1 rings (SSSR count). The normalized spacial score (nSPS) is 11.1. The van der Waals surface area contributed by atoms with Crippen molar-refractivity contribution in [3.63, 3.8) is 0 Å². The Balaban J connectivity index is 2.49. The number of amides is 2. The summed E-state index contributed by atoms with van der Waals surface area (Å²) in [4.78, 5) is 25.2. The highest BCUT2D eigenvalue weighted by atomic mass is 35.5. The monoisotopic (exact) mass is 324 g/mol. The van der Waals surface area contributed by atoms with Gasteiger partial charge in [-0.1, -0.05) is 23.7 Å². The summed E-state index contributed by atoms with van der Waals surface area (Å²) >= 11 is 5.95. The van der Waals surface area contributed by atoms with Crippen LogP contribution in [0.2, 0.25) is 5.02 Å². The molecule has 5 heteroatoms. The number of rotatable bonds is 6. The molecule has 0 aromatic heterocycles. The van der Waals surface area contributed by atoms with E-state index < -0.39 is 0 Å². The van der Waals surface area contributed by atoms with Gasteiger partial charge < -0.3 is 10.2 Å². The van der Waals surface area contributed by atoms with Gasteiger partial charge in [-0.25, -0.2) is 0 Å². The van der Waals surface area contributed by atoms with E-state index in [4.69, 9.17) is 11.6 Å². The molecule has 0 spiro atoms. The zero-order valence-electron chi connectivity index (χ0n) is 13.8. The second-order valence-electron chi connectivity index (χ2n) is 6.43. The molecule has 0 saturated carbocycles. The minimum atomic E-state index is -0.251. The van der Waals surface area contributed by atoms with Crippen molar-refractivity contribution in [1.82, 2.24) is 10.2 Å². The fourth-order valence-electron chi connectivity index (χ4n) is 2.10. The Morgan fingerprint density at radius 3 is 2.45 bits per heavy atom. The van der Waals surface area contributed by atoms with Crippen LogP contribution in [0.5, 0.6) is 0 Å². The van der Waals surface area contributed by atoms with Crippen LogP contribution in [0.25, 0.3) is 0 Å². The molecule has 0 aliphatic rings. The lowest BCUT2D eigenvalue weighted by Crippen LogP contribution is -2.42. The molecule has 1 N–H and O–H groups in total. The van der Waals surface area contributed by atoms with Crippen LogP contribution >= 0.6 is 11.6 Å². The molecule has 0 saturated heterocycles. The van der Waals surface area contributed by atoms with Crippen molar-refractivity contribution in [3.8, 4) is 0 Å². The molecule has 1 aromatic carbocycles. The number of nitrogens with zero attached hydrogens (tertiary/aromatic N) is 1. The van der Waals surface area contributed by atoms with E-state index in [2.05, 4.69) is 5.32 Å². The van der Waals surface area contributed by atoms with Crippen LogP contribution in [0.1, 0.15) is 39.7 Å². The first kappa shape index (κ1) is 18.5. The third-order valence-electron chi connectivity index (χ3n) is 3.13. The van der Waals surface area contributed by atoms with E-state index in [1.165, 1.54) is 6.92 Å². The number of hydrogen-bond donors (Lipinski definition) is 1.